The van der Waals surface area contributed by atoms with Crippen LogP contribution in [0.2, 0.25) is 0 Å². The van der Waals surface area contributed by atoms with Crippen LogP contribution in [0.15, 0.2) is 0 Å². The lowest BCUT2D eigenvalue weighted by molar-refractivity contribution is -0.146. The highest BCUT2D eigenvalue weighted by atomic mass is 16.5. The number of nitrogens with zero attached hydrogens (tertiary/aromatic N) is 1. The molecule has 0 aromatic rings. The number of rotatable bonds is 2. The van der Waals surface area contributed by atoms with E-state index in [9.17, 15) is 14.7 Å². The first-order valence-corrected chi connectivity index (χ1v) is 7.69. The lowest BCUT2D eigenvalue weighted by Gasteiger charge is -2.42. The molecule has 2 aliphatic rings. The number of hydrogen-bond acceptors (Lipinski definition) is 3. The van der Waals surface area contributed by atoms with E-state index >= 15 is 0 Å². The van der Waals surface area contributed by atoms with Crippen molar-refractivity contribution in [1.82, 2.24) is 10.2 Å². The van der Waals surface area contributed by atoms with Crippen molar-refractivity contribution in [2.75, 3.05) is 19.7 Å². The average Bonchev–Trinajstić information content (AvgIpc) is 2.37. The van der Waals surface area contributed by atoms with Crippen molar-refractivity contribution in [2.45, 2.75) is 57.6 Å². The summed E-state index contributed by atoms with van der Waals surface area (Å²) in [6.07, 6.45) is 2.87. The molecule has 2 rings (SSSR count). The van der Waals surface area contributed by atoms with Crippen LogP contribution in [0.4, 0.5) is 4.79 Å². The minimum atomic E-state index is -1.11. The maximum Gasteiger partial charge on any atom is 0.329 e. The Morgan fingerprint density at radius 3 is 2.67 bits per heavy atom. The zero-order valence-corrected chi connectivity index (χ0v) is 13.1. The predicted molar refractivity (Wildman–Crippen MR) is 78.1 cm³/mol. The molecule has 2 unspecified atom stereocenters. The van der Waals surface area contributed by atoms with Crippen LogP contribution in [0.1, 0.15) is 46.5 Å². The van der Waals surface area contributed by atoms with Gasteiger partial charge < -0.3 is 20.1 Å². The van der Waals surface area contributed by atoms with Crippen molar-refractivity contribution >= 4 is 12.0 Å². The number of carbonyl (C=O) groups excluding carboxylic acids is 1. The van der Waals surface area contributed by atoms with Crippen molar-refractivity contribution in [3.8, 4) is 0 Å². The largest absolute Gasteiger partial charge is 0.480 e. The van der Waals surface area contributed by atoms with Gasteiger partial charge in [0, 0.05) is 6.54 Å². The van der Waals surface area contributed by atoms with E-state index in [1.54, 1.807) is 4.90 Å². The van der Waals surface area contributed by atoms with Crippen molar-refractivity contribution in [2.24, 2.45) is 5.92 Å². The number of carbonyl (C=O) groups is 2. The van der Waals surface area contributed by atoms with E-state index < -0.39 is 11.5 Å². The molecule has 6 heteroatoms. The zero-order valence-electron chi connectivity index (χ0n) is 13.1. The Hall–Kier alpha value is -1.30. The molecule has 0 aromatic carbocycles. The summed E-state index contributed by atoms with van der Waals surface area (Å²) < 4.78 is 5.59. The van der Waals surface area contributed by atoms with E-state index in [4.69, 9.17) is 4.74 Å². The number of aliphatic carboxylic acids is 1. The summed E-state index contributed by atoms with van der Waals surface area (Å²) in [5.74, 6) is -0.605. The number of morpholine rings is 1. The van der Waals surface area contributed by atoms with Crippen molar-refractivity contribution in [3.05, 3.63) is 0 Å². The summed E-state index contributed by atoms with van der Waals surface area (Å²) in [6, 6.07) is -0.289. The molecule has 2 fully saturated rings. The Labute approximate surface area is 125 Å². The van der Waals surface area contributed by atoms with Gasteiger partial charge in [0.25, 0.3) is 0 Å². The first kappa shape index (κ1) is 16.1. The molecule has 0 bridgehead atoms. The Morgan fingerprint density at radius 2 is 2.10 bits per heavy atom. The predicted octanol–water partition coefficient (Wildman–Crippen LogP) is 1.84. The molecular formula is C15H26N2O4. The summed E-state index contributed by atoms with van der Waals surface area (Å²) in [6.45, 7) is 7.37. The number of hydrogen-bond donors (Lipinski definition) is 2. The van der Waals surface area contributed by atoms with Crippen LogP contribution >= 0.6 is 0 Å². The van der Waals surface area contributed by atoms with Crippen LogP contribution in [-0.4, -0.2) is 52.8 Å². The molecule has 1 aliphatic carbocycles. The van der Waals surface area contributed by atoms with Gasteiger partial charge in [-0.15, -0.1) is 0 Å². The standard InChI is InChI=1S/C15H26N2O4/c1-11-5-4-6-15(9-11,12(18)19)16-13(20)17-7-8-21-14(2,3)10-17/h11H,4-10H2,1-3H3,(H,16,20)(H,18,19). The molecule has 6 nitrogen and oxygen atoms in total. The van der Waals surface area contributed by atoms with E-state index in [2.05, 4.69) is 5.32 Å². The average molecular weight is 298 g/mol. The van der Waals surface area contributed by atoms with Gasteiger partial charge in [-0.1, -0.05) is 19.8 Å². The lowest BCUT2D eigenvalue weighted by Crippen LogP contribution is -2.62. The molecule has 120 valence electrons. The van der Waals surface area contributed by atoms with E-state index in [0.29, 0.717) is 38.5 Å². The topological polar surface area (TPSA) is 78.9 Å². The molecule has 2 atom stereocenters. The number of ether oxygens (including phenoxy) is 1. The number of amides is 2. The molecular weight excluding hydrogens is 272 g/mol. The normalized spacial score (nSPS) is 32.5. The van der Waals surface area contributed by atoms with Gasteiger partial charge in [0.05, 0.1) is 18.8 Å². The number of carboxylic acids is 1. The zero-order chi connectivity index (χ0) is 15.7. The third kappa shape index (κ3) is 3.67. The van der Waals surface area contributed by atoms with Gasteiger partial charge in [0.2, 0.25) is 0 Å². The van der Waals surface area contributed by atoms with Crippen LogP contribution in [0.5, 0.6) is 0 Å². The summed E-state index contributed by atoms with van der Waals surface area (Å²) in [5.41, 5.74) is -1.50. The molecule has 0 spiro atoms. The summed E-state index contributed by atoms with van der Waals surface area (Å²) in [5, 5.41) is 12.4. The molecule has 1 saturated heterocycles. The second kappa shape index (κ2) is 5.83. The van der Waals surface area contributed by atoms with Gasteiger partial charge in [0.15, 0.2) is 0 Å². The summed E-state index contributed by atoms with van der Waals surface area (Å²) in [7, 11) is 0. The van der Waals surface area contributed by atoms with Gasteiger partial charge in [0.1, 0.15) is 5.54 Å². The Balaban J connectivity index is 2.06. The minimum Gasteiger partial charge on any atom is -0.480 e. The molecule has 0 radical (unpaired) electrons. The monoisotopic (exact) mass is 298 g/mol. The first-order valence-electron chi connectivity index (χ1n) is 7.69. The highest BCUT2D eigenvalue weighted by Gasteiger charge is 2.44. The Morgan fingerprint density at radius 1 is 1.38 bits per heavy atom. The number of carboxylic acid groups (broad SMARTS) is 1. The fourth-order valence-electron chi connectivity index (χ4n) is 3.39. The molecule has 21 heavy (non-hydrogen) atoms. The smallest absolute Gasteiger partial charge is 0.329 e. The van der Waals surface area contributed by atoms with Crippen molar-refractivity contribution < 1.29 is 19.4 Å². The van der Waals surface area contributed by atoms with E-state index in [1.807, 2.05) is 20.8 Å². The number of urea groups is 1. The maximum absolute atomic E-state index is 12.5. The highest BCUT2D eigenvalue weighted by molar-refractivity contribution is 5.86. The maximum atomic E-state index is 12.5. The molecule has 2 amide bonds. The van der Waals surface area contributed by atoms with Crippen molar-refractivity contribution in [3.63, 3.8) is 0 Å². The van der Waals surface area contributed by atoms with Gasteiger partial charge in [-0.05, 0) is 32.6 Å². The van der Waals surface area contributed by atoms with Crippen LogP contribution in [-0.2, 0) is 9.53 Å². The first-order chi connectivity index (χ1) is 9.74. The fraction of sp³-hybridized carbons (Fsp3) is 0.867. The highest BCUT2D eigenvalue weighted by Crippen LogP contribution is 2.33. The summed E-state index contributed by atoms with van der Waals surface area (Å²) >= 11 is 0. The summed E-state index contributed by atoms with van der Waals surface area (Å²) in [4.78, 5) is 25.8. The van der Waals surface area contributed by atoms with Gasteiger partial charge in [-0.3, -0.25) is 0 Å². The van der Waals surface area contributed by atoms with Gasteiger partial charge in [-0.2, -0.15) is 0 Å². The Kier molecular flexibility index (Phi) is 4.46. The Bertz CT molecular complexity index is 424. The van der Waals surface area contributed by atoms with E-state index in [-0.39, 0.29) is 11.6 Å². The van der Waals surface area contributed by atoms with Crippen LogP contribution in [0.25, 0.3) is 0 Å². The van der Waals surface area contributed by atoms with E-state index in [1.165, 1.54) is 0 Å². The molecule has 0 aromatic heterocycles. The third-order valence-electron chi connectivity index (χ3n) is 4.47. The molecule has 1 saturated carbocycles. The molecule has 2 N–H and O–H groups in total. The van der Waals surface area contributed by atoms with E-state index in [0.717, 1.165) is 12.8 Å². The second-order valence-corrected chi connectivity index (χ2v) is 7.05. The molecule has 1 heterocycles. The SMILES string of the molecule is CC1CCCC(NC(=O)N2CCOC(C)(C)C2)(C(=O)O)C1. The van der Waals surface area contributed by atoms with Crippen LogP contribution < -0.4 is 5.32 Å². The fourth-order valence-corrected chi connectivity index (χ4v) is 3.39. The van der Waals surface area contributed by atoms with Crippen molar-refractivity contribution in [1.29, 1.82) is 0 Å². The molecule has 1 aliphatic heterocycles. The van der Waals surface area contributed by atoms with Gasteiger partial charge in [-0.25, -0.2) is 9.59 Å². The minimum absolute atomic E-state index is 0.289. The third-order valence-corrected chi connectivity index (χ3v) is 4.47. The second-order valence-electron chi connectivity index (χ2n) is 7.05. The number of nitrogens with one attached hydrogen (secondary N) is 1. The van der Waals surface area contributed by atoms with Gasteiger partial charge >= 0.3 is 12.0 Å². The van der Waals surface area contributed by atoms with Crippen LogP contribution in [0.3, 0.4) is 0 Å². The van der Waals surface area contributed by atoms with Crippen LogP contribution in [0, 0.1) is 5.92 Å². The quantitative estimate of drug-likeness (QED) is 0.815. The lowest BCUT2D eigenvalue weighted by atomic mass is 9.76.